The Balaban J connectivity index is 2.19. The summed E-state index contributed by atoms with van der Waals surface area (Å²) in [4.78, 5) is 4.41. The van der Waals surface area contributed by atoms with E-state index in [2.05, 4.69) is 32.4 Å². The van der Waals surface area contributed by atoms with E-state index < -0.39 is 0 Å². The number of halogens is 1. The summed E-state index contributed by atoms with van der Waals surface area (Å²) in [5, 5.41) is 0. The minimum atomic E-state index is -0.113. The van der Waals surface area contributed by atoms with Crippen LogP contribution in [0.25, 0.3) is 0 Å². The van der Waals surface area contributed by atoms with Crippen LogP contribution < -0.4 is 10.5 Å². The van der Waals surface area contributed by atoms with Gasteiger partial charge in [0.25, 0.3) is 0 Å². The van der Waals surface area contributed by atoms with Crippen molar-refractivity contribution < 1.29 is 4.74 Å². The fraction of sp³-hybridized carbons (Fsp3) is 0.400. The highest BCUT2D eigenvalue weighted by Crippen LogP contribution is 2.28. The normalized spacial score (nSPS) is 12.4. The first kappa shape index (κ1) is 15.1. The lowest BCUT2D eigenvalue weighted by Gasteiger charge is -2.16. The molecule has 0 saturated heterocycles. The van der Waals surface area contributed by atoms with Crippen LogP contribution in [0.5, 0.6) is 5.75 Å². The van der Waals surface area contributed by atoms with Gasteiger partial charge in [-0.15, -0.1) is 0 Å². The standard InChI is InChI=1S/C15H20BrN3O/c1-3-7-19-8-6-18-15(19)10-14(17)12-9-11(20-2)4-5-13(12)16/h4-6,8-9,14H,3,7,10,17H2,1-2H3. The van der Waals surface area contributed by atoms with E-state index in [1.165, 1.54) is 0 Å². The van der Waals surface area contributed by atoms with E-state index in [0.717, 1.165) is 34.6 Å². The number of ether oxygens (including phenoxy) is 1. The molecule has 2 N–H and O–H groups in total. The average molecular weight is 338 g/mol. The zero-order valence-electron chi connectivity index (χ0n) is 11.8. The third kappa shape index (κ3) is 3.41. The molecule has 1 aromatic heterocycles. The number of aromatic nitrogens is 2. The molecular weight excluding hydrogens is 318 g/mol. The molecule has 108 valence electrons. The Morgan fingerprint density at radius 1 is 1.45 bits per heavy atom. The molecule has 2 rings (SSSR count). The number of aryl methyl sites for hydroxylation is 1. The van der Waals surface area contributed by atoms with Gasteiger partial charge in [0, 0.05) is 35.9 Å². The summed E-state index contributed by atoms with van der Waals surface area (Å²) in [5.41, 5.74) is 7.37. The van der Waals surface area contributed by atoms with Crippen LogP contribution in [-0.2, 0) is 13.0 Å². The zero-order chi connectivity index (χ0) is 14.5. The fourth-order valence-electron chi connectivity index (χ4n) is 2.21. The van der Waals surface area contributed by atoms with E-state index in [4.69, 9.17) is 10.5 Å². The lowest BCUT2D eigenvalue weighted by Crippen LogP contribution is -2.17. The van der Waals surface area contributed by atoms with Gasteiger partial charge >= 0.3 is 0 Å². The van der Waals surface area contributed by atoms with Crippen molar-refractivity contribution in [3.05, 3.63) is 46.5 Å². The van der Waals surface area contributed by atoms with Crippen molar-refractivity contribution in [1.82, 2.24) is 9.55 Å². The van der Waals surface area contributed by atoms with Crippen molar-refractivity contribution in [1.29, 1.82) is 0 Å². The van der Waals surface area contributed by atoms with Crippen LogP contribution in [-0.4, -0.2) is 16.7 Å². The third-order valence-electron chi connectivity index (χ3n) is 3.27. The summed E-state index contributed by atoms with van der Waals surface area (Å²) in [5.74, 6) is 1.84. The number of nitrogens with zero attached hydrogens (tertiary/aromatic N) is 2. The van der Waals surface area contributed by atoms with E-state index >= 15 is 0 Å². The van der Waals surface area contributed by atoms with Crippen LogP contribution in [0.1, 0.15) is 30.8 Å². The Kier molecular flexibility index (Phi) is 5.20. The van der Waals surface area contributed by atoms with Crippen molar-refractivity contribution in [3.8, 4) is 5.75 Å². The number of imidazole rings is 1. The molecule has 0 aliphatic rings. The molecular formula is C15H20BrN3O. The summed E-state index contributed by atoms with van der Waals surface area (Å²) < 4.78 is 8.42. The van der Waals surface area contributed by atoms with Gasteiger partial charge in [0.15, 0.2) is 0 Å². The zero-order valence-corrected chi connectivity index (χ0v) is 13.4. The minimum absolute atomic E-state index is 0.113. The predicted molar refractivity (Wildman–Crippen MR) is 83.8 cm³/mol. The monoisotopic (exact) mass is 337 g/mol. The van der Waals surface area contributed by atoms with Crippen LogP contribution in [0.4, 0.5) is 0 Å². The molecule has 0 fully saturated rings. The molecule has 2 aromatic rings. The Morgan fingerprint density at radius 2 is 2.25 bits per heavy atom. The van der Waals surface area contributed by atoms with Crippen LogP contribution >= 0.6 is 15.9 Å². The van der Waals surface area contributed by atoms with Gasteiger partial charge in [-0.05, 0) is 30.2 Å². The molecule has 0 amide bonds. The highest BCUT2D eigenvalue weighted by molar-refractivity contribution is 9.10. The van der Waals surface area contributed by atoms with Crippen molar-refractivity contribution >= 4 is 15.9 Å². The number of nitrogens with two attached hydrogens (primary N) is 1. The molecule has 0 aliphatic carbocycles. The SMILES string of the molecule is CCCn1ccnc1CC(N)c1cc(OC)ccc1Br. The summed E-state index contributed by atoms with van der Waals surface area (Å²) in [6.45, 7) is 3.13. The quantitative estimate of drug-likeness (QED) is 0.879. The molecule has 1 heterocycles. The first-order valence-corrected chi connectivity index (χ1v) is 7.54. The van der Waals surface area contributed by atoms with Gasteiger partial charge in [0.2, 0.25) is 0 Å². The van der Waals surface area contributed by atoms with Crippen molar-refractivity contribution in [3.63, 3.8) is 0 Å². The smallest absolute Gasteiger partial charge is 0.119 e. The number of rotatable bonds is 6. The van der Waals surface area contributed by atoms with E-state index in [1.54, 1.807) is 7.11 Å². The van der Waals surface area contributed by atoms with Gasteiger partial charge < -0.3 is 15.0 Å². The van der Waals surface area contributed by atoms with Gasteiger partial charge in [0.1, 0.15) is 11.6 Å². The highest BCUT2D eigenvalue weighted by atomic mass is 79.9. The summed E-state index contributed by atoms with van der Waals surface area (Å²) >= 11 is 3.55. The van der Waals surface area contributed by atoms with Crippen molar-refractivity contribution in [2.45, 2.75) is 32.4 Å². The highest BCUT2D eigenvalue weighted by Gasteiger charge is 2.14. The number of benzene rings is 1. The Hall–Kier alpha value is -1.33. The van der Waals surface area contributed by atoms with Crippen LogP contribution in [0, 0.1) is 0 Å². The molecule has 1 atom stereocenters. The first-order chi connectivity index (χ1) is 9.65. The Labute approximate surface area is 128 Å². The summed E-state index contributed by atoms with van der Waals surface area (Å²) in [7, 11) is 1.66. The number of methoxy groups -OCH3 is 1. The van der Waals surface area contributed by atoms with Gasteiger partial charge in [-0.25, -0.2) is 4.98 Å². The van der Waals surface area contributed by atoms with E-state index in [0.29, 0.717) is 6.42 Å². The molecule has 1 aromatic carbocycles. The summed E-state index contributed by atoms with van der Waals surface area (Å²) in [6.07, 6.45) is 5.63. The van der Waals surface area contributed by atoms with Crippen molar-refractivity contribution in [2.75, 3.05) is 7.11 Å². The van der Waals surface area contributed by atoms with Crippen LogP contribution in [0.15, 0.2) is 35.1 Å². The Morgan fingerprint density at radius 3 is 2.95 bits per heavy atom. The maximum Gasteiger partial charge on any atom is 0.119 e. The van der Waals surface area contributed by atoms with Gasteiger partial charge in [0.05, 0.1) is 7.11 Å². The fourth-order valence-corrected chi connectivity index (χ4v) is 2.75. The van der Waals surface area contributed by atoms with Gasteiger partial charge in [-0.1, -0.05) is 22.9 Å². The lowest BCUT2D eigenvalue weighted by atomic mass is 10.0. The second-order valence-electron chi connectivity index (χ2n) is 4.73. The topological polar surface area (TPSA) is 53.1 Å². The molecule has 5 heteroatoms. The molecule has 0 aliphatic heterocycles. The largest absolute Gasteiger partial charge is 0.497 e. The van der Waals surface area contributed by atoms with Gasteiger partial charge in [-0.2, -0.15) is 0 Å². The molecule has 0 radical (unpaired) electrons. The van der Waals surface area contributed by atoms with E-state index in [1.807, 2.05) is 30.6 Å². The summed E-state index contributed by atoms with van der Waals surface area (Å²) in [6, 6.07) is 5.74. The Bertz CT molecular complexity index is 568. The maximum atomic E-state index is 6.34. The predicted octanol–water partition coefficient (Wildman–Crippen LogP) is 3.31. The minimum Gasteiger partial charge on any atom is -0.497 e. The first-order valence-electron chi connectivity index (χ1n) is 6.74. The second-order valence-corrected chi connectivity index (χ2v) is 5.59. The van der Waals surface area contributed by atoms with Crippen molar-refractivity contribution in [2.24, 2.45) is 5.73 Å². The maximum absolute atomic E-state index is 6.34. The third-order valence-corrected chi connectivity index (χ3v) is 3.99. The second kappa shape index (κ2) is 6.90. The average Bonchev–Trinajstić information content (AvgIpc) is 2.87. The molecule has 0 saturated carbocycles. The lowest BCUT2D eigenvalue weighted by molar-refractivity contribution is 0.413. The van der Waals surface area contributed by atoms with Gasteiger partial charge in [-0.3, -0.25) is 0 Å². The number of hydrogen-bond acceptors (Lipinski definition) is 3. The van der Waals surface area contributed by atoms with Crippen LogP contribution in [0.2, 0.25) is 0 Å². The molecule has 4 nitrogen and oxygen atoms in total. The molecule has 20 heavy (non-hydrogen) atoms. The molecule has 0 bridgehead atoms. The molecule has 1 unspecified atom stereocenters. The van der Waals surface area contributed by atoms with Crippen LogP contribution in [0.3, 0.4) is 0 Å². The molecule has 0 spiro atoms. The van der Waals surface area contributed by atoms with E-state index in [-0.39, 0.29) is 6.04 Å². The van der Waals surface area contributed by atoms with E-state index in [9.17, 15) is 0 Å². The number of hydrogen-bond donors (Lipinski definition) is 1.